The van der Waals surface area contributed by atoms with Crippen molar-refractivity contribution in [1.29, 1.82) is 0 Å². The Bertz CT molecular complexity index is 699. The predicted octanol–water partition coefficient (Wildman–Crippen LogP) is -1.27. The van der Waals surface area contributed by atoms with Crippen LogP contribution in [0.1, 0.15) is 6.92 Å². The van der Waals surface area contributed by atoms with E-state index in [1.807, 2.05) is 6.92 Å². The van der Waals surface area contributed by atoms with E-state index in [0.717, 1.165) is 39.3 Å². The van der Waals surface area contributed by atoms with Gasteiger partial charge in [0.2, 0.25) is 11.9 Å². The van der Waals surface area contributed by atoms with E-state index in [1.54, 1.807) is 12.1 Å². The number of nitrogens with zero attached hydrogens (tertiary/aromatic N) is 7. The zero-order valence-electron chi connectivity index (χ0n) is 18.3. The summed E-state index contributed by atoms with van der Waals surface area (Å²) in [5.74, 6) is 1.49. The van der Waals surface area contributed by atoms with E-state index >= 15 is 0 Å². The molecule has 0 saturated carbocycles. The molecule has 3 aliphatic heterocycles. The summed E-state index contributed by atoms with van der Waals surface area (Å²) < 4.78 is 16.3. The Kier molecular flexibility index (Phi) is 7.33. The molecule has 0 unspecified atom stereocenters. The number of ether oxygens (including phenoxy) is 3. The van der Waals surface area contributed by atoms with Crippen LogP contribution in [0.3, 0.4) is 0 Å². The van der Waals surface area contributed by atoms with Crippen molar-refractivity contribution in [2.75, 3.05) is 101 Å². The van der Waals surface area contributed by atoms with Crippen LogP contribution in [-0.2, 0) is 19.0 Å². The fraction of sp³-hybridized carbons (Fsp3) is 0.789. The van der Waals surface area contributed by atoms with Crippen molar-refractivity contribution in [1.82, 2.24) is 25.3 Å². The lowest BCUT2D eigenvalue weighted by Crippen LogP contribution is -2.53. The van der Waals surface area contributed by atoms with E-state index in [0.29, 0.717) is 57.5 Å². The Morgan fingerprint density at radius 3 is 1.77 bits per heavy atom. The summed E-state index contributed by atoms with van der Waals surface area (Å²) in [6.45, 7) is 10.1. The highest BCUT2D eigenvalue weighted by atomic mass is 16.5. The Morgan fingerprint density at radius 1 is 0.839 bits per heavy atom. The minimum atomic E-state index is -0.273. The lowest BCUT2D eigenvalue weighted by molar-refractivity contribution is -0.127. The highest BCUT2D eigenvalue weighted by molar-refractivity contribution is 5.82. The molecule has 3 saturated heterocycles. The van der Waals surface area contributed by atoms with Crippen LogP contribution in [-0.4, -0.2) is 118 Å². The van der Waals surface area contributed by atoms with Gasteiger partial charge in [0.1, 0.15) is 0 Å². The summed E-state index contributed by atoms with van der Waals surface area (Å²) in [5.41, 5.74) is 2.93. The van der Waals surface area contributed by atoms with Gasteiger partial charge in [-0.1, -0.05) is 0 Å². The van der Waals surface area contributed by atoms with Gasteiger partial charge in [-0.25, -0.2) is 0 Å². The van der Waals surface area contributed by atoms with Gasteiger partial charge >= 0.3 is 0 Å². The number of rotatable bonds is 6. The van der Waals surface area contributed by atoms with Gasteiger partial charge in [0.05, 0.1) is 45.7 Å². The number of nitrogens with one attached hydrogen (secondary N) is 1. The van der Waals surface area contributed by atoms with Gasteiger partial charge in [0, 0.05) is 46.3 Å². The number of hydrogen-bond donors (Lipinski definition) is 1. The van der Waals surface area contributed by atoms with Crippen LogP contribution in [0.25, 0.3) is 0 Å². The molecule has 3 fully saturated rings. The summed E-state index contributed by atoms with van der Waals surface area (Å²) in [6.07, 6.45) is 0. The van der Waals surface area contributed by atoms with Gasteiger partial charge in [-0.05, 0) is 6.92 Å². The van der Waals surface area contributed by atoms with Crippen LogP contribution in [0.5, 0.6) is 0 Å². The number of hydrazine groups is 1. The number of morpholine rings is 3. The summed E-state index contributed by atoms with van der Waals surface area (Å²) in [5, 5.41) is 1.58. The maximum absolute atomic E-state index is 12.8. The third-order valence-electron chi connectivity index (χ3n) is 5.74. The van der Waals surface area contributed by atoms with Crippen molar-refractivity contribution in [2.45, 2.75) is 13.0 Å². The summed E-state index contributed by atoms with van der Waals surface area (Å²) in [6, 6.07) is -0.273. The number of hydrogen-bond acceptors (Lipinski definition) is 11. The van der Waals surface area contributed by atoms with Crippen molar-refractivity contribution in [3.05, 3.63) is 0 Å². The lowest BCUT2D eigenvalue weighted by Gasteiger charge is -2.33. The van der Waals surface area contributed by atoms with E-state index in [-0.39, 0.29) is 11.9 Å². The number of aromatic nitrogens is 3. The minimum absolute atomic E-state index is 0.106. The second kappa shape index (κ2) is 10.4. The van der Waals surface area contributed by atoms with Gasteiger partial charge < -0.3 is 24.0 Å². The molecule has 3 aliphatic rings. The average Bonchev–Trinajstić information content (AvgIpc) is 2.85. The van der Waals surface area contributed by atoms with Crippen molar-refractivity contribution >= 4 is 23.8 Å². The average molecular weight is 437 g/mol. The predicted molar refractivity (Wildman–Crippen MR) is 114 cm³/mol. The standard InChI is InChI=1S/C19H32N8O4/c1-15(25-3-9-29-10-4-25)16(28)23-24(2)17-20-18(26-5-11-30-12-6-26)22-19(21-17)27-7-13-31-14-8-27/h15H,3-14H2,1-2H3,(H,23,28)/t15-/m0/s1. The maximum atomic E-state index is 12.8. The van der Waals surface area contributed by atoms with Crippen LogP contribution in [0.2, 0.25) is 0 Å². The molecule has 4 rings (SSSR count). The van der Waals surface area contributed by atoms with Crippen molar-refractivity contribution < 1.29 is 19.0 Å². The van der Waals surface area contributed by atoms with E-state index in [2.05, 4.69) is 30.1 Å². The van der Waals surface area contributed by atoms with E-state index in [9.17, 15) is 4.79 Å². The Balaban J connectivity index is 1.51. The van der Waals surface area contributed by atoms with E-state index < -0.39 is 0 Å². The van der Waals surface area contributed by atoms with Gasteiger partial charge in [-0.15, -0.1) is 0 Å². The first kappa shape index (κ1) is 21.9. The van der Waals surface area contributed by atoms with Crippen LogP contribution in [0, 0.1) is 0 Å². The molecule has 4 heterocycles. The second-order valence-corrected chi connectivity index (χ2v) is 7.79. The van der Waals surface area contributed by atoms with Crippen molar-refractivity contribution in [3.63, 3.8) is 0 Å². The summed E-state index contributed by atoms with van der Waals surface area (Å²) in [7, 11) is 1.76. The second-order valence-electron chi connectivity index (χ2n) is 7.79. The maximum Gasteiger partial charge on any atom is 0.255 e. The third-order valence-corrected chi connectivity index (χ3v) is 5.74. The van der Waals surface area contributed by atoms with Crippen LogP contribution >= 0.6 is 0 Å². The third kappa shape index (κ3) is 5.50. The molecular weight excluding hydrogens is 404 g/mol. The van der Waals surface area contributed by atoms with Crippen molar-refractivity contribution in [3.8, 4) is 0 Å². The first-order valence-electron chi connectivity index (χ1n) is 10.9. The Labute approximate surface area is 182 Å². The number of carbonyl (C=O) groups is 1. The first-order valence-corrected chi connectivity index (χ1v) is 10.9. The fourth-order valence-electron chi connectivity index (χ4n) is 3.74. The zero-order valence-corrected chi connectivity index (χ0v) is 18.3. The molecule has 0 bridgehead atoms. The lowest BCUT2D eigenvalue weighted by atomic mass is 10.2. The molecule has 12 nitrogen and oxygen atoms in total. The molecule has 31 heavy (non-hydrogen) atoms. The Morgan fingerprint density at radius 2 is 1.29 bits per heavy atom. The van der Waals surface area contributed by atoms with Gasteiger partial charge in [0.25, 0.3) is 11.9 Å². The van der Waals surface area contributed by atoms with Crippen LogP contribution in [0.15, 0.2) is 0 Å². The minimum Gasteiger partial charge on any atom is -0.379 e. The van der Waals surface area contributed by atoms with Crippen molar-refractivity contribution in [2.24, 2.45) is 0 Å². The molecule has 0 spiro atoms. The topological polar surface area (TPSA) is 108 Å². The zero-order chi connectivity index (χ0) is 21.6. The van der Waals surface area contributed by atoms with Gasteiger partial charge in [-0.3, -0.25) is 20.1 Å². The molecular formula is C19H32N8O4. The molecule has 0 radical (unpaired) electrons. The van der Waals surface area contributed by atoms with E-state index in [1.165, 1.54) is 0 Å². The normalized spacial score (nSPS) is 21.6. The molecule has 1 amide bonds. The van der Waals surface area contributed by atoms with Crippen LogP contribution < -0.4 is 20.2 Å². The fourth-order valence-corrected chi connectivity index (χ4v) is 3.74. The monoisotopic (exact) mass is 436 g/mol. The molecule has 1 aromatic rings. The number of anilines is 3. The molecule has 1 aromatic heterocycles. The molecule has 1 atom stereocenters. The largest absolute Gasteiger partial charge is 0.379 e. The Hall–Kier alpha value is -2.28. The number of carbonyl (C=O) groups excluding carboxylic acids is 1. The SMILES string of the molecule is C[C@@H](C(=O)NN(C)c1nc(N2CCOCC2)nc(N2CCOCC2)n1)N1CCOCC1. The molecule has 1 N–H and O–H groups in total. The quantitative estimate of drug-likeness (QED) is 0.540. The molecule has 12 heteroatoms. The van der Waals surface area contributed by atoms with Crippen LogP contribution in [0.4, 0.5) is 17.8 Å². The smallest absolute Gasteiger partial charge is 0.255 e. The first-order chi connectivity index (χ1) is 15.1. The van der Waals surface area contributed by atoms with Gasteiger partial charge in [-0.2, -0.15) is 15.0 Å². The highest BCUT2D eigenvalue weighted by Gasteiger charge is 2.26. The molecule has 0 aliphatic carbocycles. The molecule has 172 valence electrons. The summed E-state index contributed by atoms with van der Waals surface area (Å²) in [4.78, 5) is 33.1. The van der Waals surface area contributed by atoms with E-state index in [4.69, 9.17) is 19.2 Å². The summed E-state index contributed by atoms with van der Waals surface area (Å²) >= 11 is 0. The highest BCUT2D eigenvalue weighted by Crippen LogP contribution is 2.20. The van der Waals surface area contributed by atoms with Gasteiger partial charge in [0.15, 0.2) is 0 Å². The molecule has 0 aromatic carbocycles. The number of amides is 1.